The fraction of sp³-hybridized carbons (Fsp3) is 0.400. The first-order valence-electron chi connectivity index (χ1n) is 7.04. The van der Waals surface area contributed by atoms with Gasteiger partial charge in [-0.15, -0.1) is 0 Å². The molecule has 1 aliphatic heterocycles. The quantitative estimate of drug-likeness (QED) is 0.847. The van der Waals surface area contributed by atoms with Gasteiger partial charge in [0.25, 0.3) is 0 Å². The van der Waals surface area contributed by atoms with Gasteiger partial charge in [0.15, 0.2) is 9.84 Å². The normalized spacial score (nSPS) is 19.0. The third kappa shape index (κ3) is 3.71. The van der Waals surface area contributed by atoms with Crippen LogP contribution in [0.2, 0.25) is 0 Å². The Balaban J connectivity index is 1.69. The fourth-order valence-corrected chi connectivity index (χ4v) is 4.06. The van der Waals surface area contributed by atoms with Crippen LogP contribution in [-0.4, -0.2) is 36.7 Å². The highest BCUT2D eigenvalue weighted by molar-refractivity contribution is 7.90. The van der Waals surface area contributed by atoms with Crippen molar-refractivity contribution in [2.75, 3.05) is 12.4 Å². The molecule has 5 nitrogen and oxygen atoms in total. The van der Waals surface area contributed by atoms with Crippen LogP contribution >= 0.6 is 0 Å². The monoisotopic (exact) mass is 306 g/mol. The molecule has 3 rings (SSSR count). The molecule has 1 aromatic carbocycles. The van der Waals surface area contributed by atoms with Gasteiger partial charge in [0, 0.05) is 12.8 Å². The fourth-order valence-electron chi connectivity index (χ4n) is 2.51. The van der Waals surface area contributed by atoms with E-state index in [0.717, 1.165) is 18.5 Å². The summed E-state index contributed by atoms with van der Waals surface area (Å²) in [6.45, 7) is 0.669. The van der Waals surface area contributed by atoms with Crippen LogP contribution < -0.4 is 0 Å². The summed E-state index contributed by atoms with van der Waals surface area (Å²) in [5, 5.41) is 4.34. The predicted octanol–water partition coefficient (Wildman–Crippen LogP) is 1.97. The van der Waals surface area contributed by atoms with Crippen LogP contribution in [-0.2, 0) is 20.3 Å². The van der Waals surface area contributed by atoms with Crippen molar-refractivity contribution in [2.45, 2.75) is 24.7 Å². The summed E-state index contributed by atoms with van der Waals surface area (Å²) in [7, 11) is -3.19. The summed E-state index contributed by atoms with van der Waals surface area (Å²) in [4.78, 5) is 0. The Morgan fingerprint density at radius 3 is 2.76 bits per heavy atom. The van der Waals surface area contributed by atoms with Crippen molar-refractivity contribution in [3.63, 3.8) is 0 Å². The molecule has 1 unspecified atom stereocenters. The van der Waals surface area contributed by atoms with Gasteiger partial charge >= 0.3 is 0 Å². The van der Waals surface area contributed by atoms with Crippen molar-refractivity contribution in [3.05, 3.63) is 48.3 Å². The Kier molecular flexibility index (Phi) is 4.07. The van der Waals surface area contributed by atoms with Crippen molar-refractivity contribution in [1.29, 1.82) is 0 Å². The van der Waals surface area contributed by atoms with Gasteiger partial charge in [-0.25, -0.2) is 13.1 Å². The van der Waals surface area contributed by atoms with Gasteiger partial charge < -0.3 is 4.74 Å². The van der Waals surface area contributed by atoms with Crippen molar-refractivity contribution in [3.8, 4) is 5.69 Å². The Morgan fingerprint density at radius 1 is 1.24 bits per heavy atom. The van der Waals surface area contributed by atoms with Gasteiger partial charge in [-0.2, -0.15) is 5.10 Å². The third-order valence-electron chi connectivity index (χ3n) is 3.50. The molecule has 0 bridgehead atoms. The molecular formula is C15H18N2O3S. The average Bonchev–Trinajstić information content (AvgIpc) is 3.10. The highest BCUT2D eigenvalue weighted by atomic mass is 32.2. The van der Waals surface area contributed by atoms with Crippen LogP contribution in [0.3, 0.4) is 0 Å². The van der Waals surface area contributed by atoms with Crippen molar-refractivity contribution >= 4 is 9.84 Å². The van der Waals surface area contributed by atoms with Gasteiger partial charge in [-0.05, 0) is 31.0 Å². The third-order valence-corrected chi connectivity index (χ3v) is 5.11. The lowest BCUT2D eigenvalue weighted by molar-refractivity contribution is 0.127. The molecule has 0 radical (unpaired) electrons. The summed E-state index contributed by atoms with van der Waals surface area (Å²) in [6.07, 6.45) is 3.42. The largest absolute Gasteiger partial charge is 0.377 e. The number of hydrogen-bond donors (Lipinski definition) is 0. The highest BCUT2D eigenvalue weighted by Crippen LogP contribution is 2.16. The molecule has 2 aromatic rings. The van der Waals surface area contributed by atoms with E-state index in [2.05, 4.69) is 5.10 Å². The number of rotatable bonds is 5. The molecule has 6 heteroatoms. The minimum Gasteiger partial charge on any atom is -0.377 e. The van der Waals surface area contributed by atoms with E-state index in [4.69, 9.17) is 4.74 Å². The molecular weight excluding hydrogens is 288 g/mol. The topological polar surface area (TPSA) is 61.2 Å². The molecule has 1 atom stereocenters. The van der Waals surface area contributed by atoms with Crippen LogP contribution in [0.1, 0.15) is 18.5 Å². The van der Waals surface area contributed by atoms with Crippen LogP contribution in [0.5, 0.6) is 0 Å². The maximum absolute atomic E-state index is 12.2. The maximum atomic E-state index is 12.2. The van der Waals surface area contributed by atoms with Gasteiger partial charge in [0.1, 0.15) is 0 Å². The lowest BCUT2D eigenvalue weighted by atomic mass is 10.3. The molecule has 2 heterocycles. The second-order valence-corrected chi connectivity index (χ2v) is 7.39. The summed E-state index contributed by atoms with van der Waals surface area (Å²) in [6, 6.07) is 11.4. The van der Waals surface area contributed by atoms with Crippen LogP contribution in [0.25, 0.3) is 5.69 Å². The summed E-state index contributed by atoms with van der Waals surface area (Å²) in [5.74, 6) is 0.0535. The molecule has 112 valence electrons. The second kappa shape index (κ2) is 5.99. The molecule has 21 heavy (non-hydrogen) atoms. The van der Waals surface area contributed by atoms with E-state index in [-0.39, 0.29) is 17.6 Å². The van der Waals surface area contributed by atoms with E-state index in [0.29, 0.717) is 12.3 Å². The first-order valence-corrected chi connectivity index (χ1v) is 8.86. The second-order valence-electron chi connectivity index (χ2n) is 5.28. The molecule has 1 fully saturated rings. The highest BCUT2D eigenvalue weighted by Gasteiger charge is 2.24. The molecule has 0 saturated carbocycles. The zero-order chi connectivity index (χ0) is 14.7. The van der Waals surface area contributed by atoms with Crippen molar-refractivity contribution in [1.82, 2.24) is 9.78 Å². The molecule has 0 aliphatic carbocycles. The number of para-hydroxylation sites is 1. The molecule has 0 amide bonds. The molecule has 1 saturated heterocycles. The zero-order valence-corrected chi connectivity index (χ0v) is 12.5. The molecule has 0 N–H and O–H groups in total. The zero-order valence-electron chi connectivity index (χ0n) is 11.7. The minimum atomic E-state index is -3.19. The van der Waals surface area contributed by atoms with Gasteiger partial charge in [-0.1, -0.05) is 18.2 Å². The molecule has 1 aliphatic rings. The van der Waals surface area contributed by atoms with Crippen LogP contribution in [0.4, 0.5) is 0 Å². The van der Waals surface area contributed by atoms with E-state index in [1.165, 1.54) is 0 Å². The standard InChI is InChI=1S/C15H18N2O3S/c18-21(19,12-15-7-4-10-20-15)11-13-8-9-17(16-13)14-5-2-1-3-6-14/h1-3,5-6,8-9,15H,4,7,10-12H2. The lowest BCUT2D eigenvalue weighted by Crippen LogP contribution is -2.21. The lowest BCUT2D eigenvalue weighted by Gasteiger charge is -2.09. The van der Waals surface area contributed by atoms with Gasteiger partial charge in [-0.3, -0.25) is 0 Å². The number of ether oxygens (including phenoxy) is 1. The van der Waals surface area contributed by atoms with E-state index in [1.807, 2.05) is 30.3 Å². The number of sulfone groups is 1. The van der Waals surface area contributed by atoms with Gasteiger partial charge in [0.2, 0.25) is 0 Å². The Morgan fingerprint density at radius 2 is 2.05 bits per heavy atom. The smallest absolute Gasteiger partial charge is 0.158 e. The predicted molar refractivity (Wildman–Crippen MR) is 80.0 cm³/mol. The van der Waals surface area contributed by atoms with Crippen LogP contribution in [0.15, 0.2) is 42.6 Å². The van der Waals surface area contributed by atoms with E-state index >= 15 is 0 Å². The SMILES string of the molecule is O=S(=O)(Cc1ccn(-c2ccccc2)n1)CC1CCCO1. The average molecular weight is 306 g/mol. The maximum Gasteiger partial charge on any atom is 0.158 e. The van der Waals surface area contributed by atoms with Crippen molar-refractivity contribution < 1.29 is 13.2 Å². The van der Waals surface area contributed by atoms with Gasteiger partial charge in [0.05, 0.1) is 29.0 Å². The summed E-state index contributed by atoms with van der Waals surface area (Å²) in [5.41, 5.74) is 1.48. The molecule has 0 spiro atoms. The van der Waals surface area contributed by atoms with E-state index < -0.39 is 9.84 Å². The number of nitrogens with zero attached hydrogens (tertiary/aromatic N) is 2. The van der Waals surface area contributed by atoms with Crippen molar-refractivity contribution in [2.24, 2.45) is 0 Å². The summed E-state index contributed by atoms with van der Waals surface area (Å²) >= 11 is 0. The first-order chi connectivity index (χ1) is 10.1. The number of benzene rings is 1. The van der Waals surface area contributed by atoms with Crippen LogP contribution in [0, 0.1) is 0 Å². The van der Waals surface area contributed by atoms with E-state index in [1.54, 1.807) is 16.9 Å². The Bertz CT molecular complexity index is 689. The van der Waals surface area contributed by atoms with E-state index in [9.17, 15) is 8.42 Å². The minimum absolute atomic E-state index is 0.0350. The number of aromatic nitrogens is 2. The Labute approximate surface area is 124 Å². The molecule has 1 aromatic heterocycles. The Hall–Kier alpha value is -1.66. The first kappa shape index (κ1) is 14.3. The summed E-state index contributed by atoms with van der Waals surface area (Å²) < 4.78 is 31.4. The number of hydrogen-bond acceptors (Lipinski definition) is 4.